The van der Waals surface area contributed by atoms with Crippen LogP contribution in [0.25, 0.3) is 10.2 Å². The second kappa shape index (κ2) is 7.16. The molecule has 28 heavy (non-hydrogen) atoms. The molecule has 0 radical (unpaired) electrons. The summed E-state index contributed by atoms with van der Waals surface area (Å²) in [4.78, 5) is 24.2. The first kappa shape index (κ1) is 18.3. The van der Waals surface area contributed by atoms with Gasteiger partial charge in [-0.15, -0.1) is 0 Å². The van der Waals surface area contributed by atoms with Crippen LogP contribution in [-0.4, -0.2) is 25.7 Å². The van der Waals surface area contributed by atoms with Gasteiger partial charge in [0.2, 0.25) is 0 Å². The molecule has 6 nitrogen and oxygen atoms in total. The molecular formula is C21H21N5OS. The van der Waals surface area contributed by atoms with Crippen LogP contribution in [0.2, 0.25) is 0 Å². The fourth-order valence-corrected chi connectivity index (χ4v) is 4.38. The van der Waals surface area contributed by atoms with Gasteiger partial charge < -0.3 is 0 Å². The number of fused-ring (bicyclic) bond motifs is 1. The van der Waals surface area contributed by atoms with Gasteiger partial charge in [-0.05, 0) is 55.2 Å². The largest absolute Gasteiger partial charge is 0.278 e. The maximum absolute atomic E-state index is 13.5. The first-order chi connectivity index (χ1) is 13.4. The number of benzene rings is 1. The molecule has 142 valence electrons. The number of carbonyl (C=O) groups is 1. The Hall–Kier alpha value is -3.06. The smallest absolute Gasteiger partial charge is 0.278 e. The van der Waals surface area contributed by atoms with Crippen LogP contribution >= 0.6 is 11.3 Å². The van der Waals surface area contributed by atoms with Crippen molar-refractivity contribution in [1.29, 1.82) is 0 Å². The average Bonchev–Trinajstić information content (AvgIpc) is 3.23. The molecule has 0 aliphatic rings. The molecule has 0 spiro atoms. The Morgan fingerprint density at radius 3 is 2.68 bits per heavy atom. The molecule has 0 fully saturated rings. The van der Waals surface area contributed by atoms with E-state index in [0.717, 1.165) is 26.9 Å². The molecule has 1 amide bonds. The van der Waals surface area contributed by atoms with Gasteiger partial charge in [0.25, 0.3) is 5.91 Å². The molecule has 0 bridgehead atoms. The molecule has 3 heterocycles. The highest BCUT2D eigenvalue weighted by molar-refractivity contribution is 7.22. The zero-order chi connectivity index (χ0) is 19.8. The Morgan fingerprint density at radius 1 is 1.18 bits per heavy atom. The molecule has 4 rings (SSSR count). The fourth-order valence-electron chi connectivity index (χ4n) is 3.36. The molecule has 0 saturated heterocycles. The van der Waals surface area contributed by atoms with Gasteiger partial charge in [-0.3, -0.25) is 19.4 Å². The summed E-state index contributed by atoms with van der Waals surface area (Å²) in [7, 11) is 1.79. The van der Waals surface area contributed by atoms with Gasteiger partial charge in [-0.25, -0.2) is 4.98 Å². The highest BCUT2D eigenvalue weighted by Gasteiger charge is 2.26. The highest BCUT2D eigenvalue weighted by atomic mass is 32.1. The molecule has 0 saturated carbocycles. The zero-order valence-electron chi connectivity index (χ0n) is 16.3. The predicted molar refractivity (Wildman–Crippen MR) is 112 cm³/mol. The van der Waals surface area contributed by atoms with Crippen LogP contribution in [0.15, 0.2) is 42.9 Å². The van der Waals surface area contributed by atoms with E-state index in [4.69, 9.17) is 4.98 Å². The molecule has 0 aliphatic heterocycles. The normalized spacial score (nSPS) is 11.1. The molecule has 1 aromatic carbocycles. The van der Waals surface area contributed by atoms with Crippen LogP contribution in [0, 0.1) is 20.8 Å². The van der Waals surface area contributed by atoms with Gasteiger partial charge in [0.15, 0.2) is 5.13 Å². The van der Waals surface area contributed by atoms with E-state index < -0.39 is 0 Å². The maximum Gasteiger partial charge on any atom is 0.278 e. The Labute approximate surface area is 167 Å². The van der Waals surface area contributed by atoms with E-state index in [0.29, 0.717) is 17.4 Å². The number of hydrogen-bond acceptors (Lipinski definition) is 5. The lowest BCUT2D eigenvalue weighted by atomic mass is 10.1. The Kier molecular flexibility index (Phi) is 4.68. The van der Waals surface area contributed by atoms with E-state index in [9.17, 15) is 4.79 Å². The molecule has 7 heteroatoms. The number of carbonyl (C=O) groups excluding carboxylic acids is 1. The predicted octanol–water partition coefficient (Wildman–Crippen LogP) is 4.20. The number of rotatable bonds is 4. The summed E-state index contributed by atoms with van der Waals surface area (Å²) in [6, 6.07) is 8.04. The Bertz CT molecular complexity index is 1140. The molecule has 0 aliphatic carbocycles. The topological polar surface area (TPSA) is 63.9 Å². The average molecular weight is 392 g/mol. The van der Waals surface area contributed by atoms with Crippen molar-refractivity contribution in [2.45, 2.75) is 27.3 Å². The number of thiazole rings is 1. The van der Waals surface area contributed by atoms with E-state index in [-0.39, 0.29) is 5.91 Å². The van der Waals surface area contributed by atoms with E-state index in [1.807, 2.05) is 19.1 Å². The first-order valence-corrected chi connectivity index (χ1v) is 9.83. The van der Waals surface area contributed by atoms with Gasteiger partial charge in [-0.1, -0.05) is 23.5 Å². The first-order valence-electron chi connectivity index (χ1n) is 9.01. The molecular weight excluding hydrogens is 370 g/mol. The van der Waals surface area contributed by atoms with E-state index >= 15 is 0 Å². The lowest BCUT2D eigenvalue weighted by Gasteiger charge is -2.20. The Balaban J connectivity index is 1.83. The summed E-state index contributed by atoms with van der Waals surface area (Å²) in [6.45, 7) is 6.43. The number of aromatic nitrogens is 4. The minimum absolute atomic E-state index is 0.116. The lowest BCUT2D eigenvalue weighted by molar-refractivity contribution is 0.0975. The fraction of sp³-hybridized carbons (Fsp3) is 0.238. The number of pyridine rings is 1. The SMILES string of the molecule is Cc1cc(C)c2sc(N(Cc3cccnc3)C(=O)c3c(C)cnn3C)nc2c1. The van der Waals surface area contributed by atoms with Gasteiger partial charge in [-0.2, -0.15) is 5.10 Å². The summed E-state index contributed by atoms with van der Waals surface area (Å²) in [5, 5.41) is 4.91. The third-order valence-corrected chi connectivity index (χ3v) is 5.90. The second-order valence-electron chi connectivity index (χ2n) is 6.98. The van der Waals surface area contributed by atoms with E-state index in [1.165, 1.54) is 5.56 Å². The number of aryl methyl sites for hydroxylation is 4. The highest BCUT2D eigenvalue weighted by Crippen LogP contribution is 2.33. The van der Waals surface area contributed by atoms with Gasteiger partial charge in [0, 0.05) is 19.4 Å². The van der Waals surface area contributed by atoms with Crippen molar-refractivity contribution in [3.05, 3.63) is 70.8 Å². The summed E-state index contributed by atoms with van der Waals surface area (Å²) >= 11 is 1.54. The molecule has 3 aromatic heterocycles. The van der Waals surface area contributed by atoms with Gasteiger partial charge >= 0.3 is 0 Å². The zero-order valence-corrected chi connectivity index (χ0v) is 17.1. The summed E-state index contributed by atoms with van der Waals surface area (Å²) in [5.41, 5.74) is 5.61. The molecule has 0 atom stereocenters. The van der Waals surface area contributed by atoms with Crippen LogP contribution in [0.4, 0.5) is 5.13 Å². The third-order valence-electron chi connectivity index (χ3n) is 4.67. The van der Waals surface area contributed by atoms with Crippen molar-refractivity contribution in [1.82, 2.24) is 19.7 Å². The monoisotopic (exact) mass is 391 g/mol. The summed E-state index contributed by atoms with van der Waals surface area (Å²) < 4.78 is 2.72. The van der Waals surface area contributed by atoms with E-state index in [1.54, 1.807) is 46.6 Å². The van der Waals surface area contributed by atoms with Crippen molar-refractivity contribution in [2.75, 3.05) is 4.90 Å². The Morgan fingerprint density at radius 2 is 2.00 bits per heavy atom. The molecule has 4 aromatic rings. The van der Waals surface area contributed by atoms with Crippen LogP contribution < -0.4 is 4.90 Å². The quantitative estimate of drug-likeness (QED) is 0.523. The molecule has 0 N–H and O–H groups in total. The lowest BCUT2D eigenvalue weighted by Crippen LogP contribution is -2.32. The number of amides is 1. The minimum atomic E-state index is -0.116. The van der Waals surface area contributed by atoms with Crippen molar-refractivity contribution in [3.63, 3.8) is 0 Å². The number of hydrogen-bond donors (Lipinski definition) is 0. The van der Waals surface area contributed by atoms with Crippen LogP contribution in [-0.2, 0) is 13.6 Å². The second-order valence-corrected chi connectivity index (χ2v) is 7.96. The van der Waals surface area contributed by atoms with E-state index in [2.05, 4.69) is 36.1 Å². The van der Waals surface area contributed by atoms with Gasteiger partial charge in [0.1, 0.15) is 5.69 Å². The summed E-state index contributed by atoms with van der Waals surface area (Å²) in [6.07, 6.45) is 5.21. The maximum atomic E-state index is 13.5. The number of anilines is 1. The standard InChI is InChI=1S/C21H21N5OS/c1-13-8-14(2)19-17(9-13)24-21(28-19)26(12-16-6-5-7-22-11-16)20(27)18-15(3)10-23-25(18)4/h5-11H,12H2,1-4H3. The van der Waals surface area contributed by atoms with Crippen molar-refractivity contribution < 1.29 is 4.79 Å². The van der Waals surface area contributed by atoms with Gasteiger partial charge in [0.05, 0.1) is 23.0 Å². The third kappa shape index (κ3) is 3.29. The van der Waals surface area contributed by atoms with Crippen molar-refractivity contribution in [3.8, 4) is 0 Å². The van der Waals surface area contributed by atoms with Crippen molar-refractivity contribution in [2.24, 2.45) is 7.05 Å². The number of nitrogens with zero attached hydrogens (tertiary/aromatic N) is 5. The van der Waals surface area contributed by atoms with Crippen molar-refractivity contribution >= 4 is 32.6 Å². The van der Waals surface area contributed by atoms with Crippen LogP contribution in [0.1, 0.15) is 32.7 Å². The molecule has 0 unspecified atom stereocenters. The summed E-state index contributed by atoms with van der Waals surface area (Å²) in [5.74, 6) is -0.116. The van der Waals surface area contributed by atoms with Crippen LogP contribution in [0.3, 0.4) is 0 Å². The minimum Gasteiger partial charge on any atom is -0.278 e. The van der Waals surface area contributed by atoms with Crippen LogP contribution in [0.5, 0.6) is 0 Å².